The van der Waals surface area contributed by atoms with E-state index in [1.165, 1.54) is 5.56 Å². The number of imidazole rings is 1. The van der Waals surface area contributed by atoms with E-state index < -0.39 is 0 Å². The quantitative estimate of drug-likeness (QED) is 0.873. The zero-order chi connectivity index (χ0) is 14.5. The summed E-state index contributed by atoms with van der Waals surface area (Å²) in [5.41, 5.74) is 2.26. The van der Waals surface area contributed by atoms with E-state index in [4.69, 9.17) is 11.6 Å². The average Bonchev–Trinajstić information content (AvgIpc) is 2.89. The number of aryl methyl sites for hydroxylation is 2. The highest BCUT2D eigenvalue weighted by atomic mass is 35.5. The van der Waals surface area contributed by atoms with Gasteiger partial charge in [-0.05, 0) is 44.0 Å². The zero-order valence-electron chi connectivity index (χ0n) is 12.4. The molecule has 0 bridgehead atoms. The van der Waals surface area contributed by atoms with Gasteiger partial charge >= 0.3 is 0 Å². The molecule has 1 N–H and O–H groups in total. The van der Waals surface area contributed by atoms with Gasteiger partial charge in [-0.1, -0.05) is 30.7 Å². The molecule has 2 aromatic rings. The third-order valence-corrected chi connectivity index (χ3v) is 3.74. The molecule has 0 saturated heterocycles. The maximum atomic E-state index is 6.44. The topological polar surface area (TPSA) is 29.9 Å². The molecule has 0 amide bonds. The van der Waals surface area contributed by atoms with Crippen molar-refractivity contribution in [1.82, 2.24) is 14.9 Å². The van der Waals surface area contributed by atoms with Crippen LogP contribution in [0, 0.1) is 6.92 Å². The highest BCUT2D eigenvalue weighted by molar-refractivity contribution is 6.31. The predicted octanol–water partition coefficient (Wildman–Crippen LogP) is 3.95. The Morgan fingerprint density at radius 3 is 2.80 bits per heavy atom. The van der Waals surface area contributed by atoms with E-state index in [0.717, 1.165) is 35.9 Å². The van der Waals surface area contributed by atoms with E-state index >= 15 is 0 Å². The van der Waals surface area contributed by atoms with Crippen LogP contribution in [0.5, 0.6) is 0 Å². The van der Waals surface area contributed by atoms with Gasteiger partial charge in [0.05, 0.1) is 6.04 Å². The minimum atomic E-state index is 0.0398. The van der Waals surface area contributed by atoms with Crippen LogP contribution in [0.3, 0.4) is 0 Å². The number of nitrogens with one attached hydrogen (secondary N) is 1. The molecule has 4 heteroatoms. The van der Waals surface area contributed by atoms with Gasteiger partial charge in [-0.25, -0.2) is 4.98 Å². The predicted molar refractivity (Wildman–Crippen MR) is 84.2 cm³/mol. The lowest BCUT2D eigenvalue weighted by atomic mass is 10.0. The number of hydrogen-bond donors (Lipinski definition) is 1. The van der Waals surface area contributed by atoms with Gasteiger partial charge in [0.15, 0.2) is 0 Å². The number of aromatic nitrogens is 2. The summed E-state index contributed by atoms with van der Waals surface area (Å²) in [6.07, 6.45) is 4.94. The van der Waals surface area contributed by atoms with Gasteiger partial charge in [0, 0.05) is 24.0 Å². The van der Waals surface area contributed by atoms with Crippen molar-refractivity contribution in [3.8, 4) is 0 Å². The molecule has 1 heterocycles. The first kappa shape index (κ1) is 15.1. The number of rotatable bonds is 6. The summed E-state index contributed by atoms with van der Waals surface area (Å²) in [5, 5.41) is 4.35. The van der Waals surface area contributed by atoms with Crippen LogP contribution in [-0.2, 0) is 6.54 Å². The van der Waals surface area contributed by atoms with Crippen molar-refractivity contribution >= 4 is 11.6 Å². The van der Waals surface area contributed by atoms with E-state index in [9.17, 15) is 0 Å². The monoisotopic (exact) mass is 291 g/mol. The first-order valence-corrected chi connectivity index (χ1v) is 7.55. The highest BCUT2D eigenvalue weighted by Gasteiger charge is 2.20. The fraction of sp³-hybridized carbons (Fsp3) is 0.438. The number of hydrogen-bond acceptors (Lipinski definition) is 2. The van der Waals surface area contributed by atoms with E-state index in [1.807, 2.05) is 18.5 Å². The number of benzene rings is 1. The third-order valence-electron chi connectivity index (χ3n) is 3.41. The summed E-state index contributed by atoms with van der Waals surface area (Å²) in [7, 11) is 0. The fourth-order valence-electron chi connectivity index (χ4n) is 2.34. The van der Waals surface area contributed by atoms with E-state index in [1.54, 1.807) is 0 Å². The van der Waals surface area contributed by atoms with E-state index in [-0.39, 0.29) is 6.04 Å². The Bertz CT molecular complexity index is 563. The molecule has 0 fully saturated rings. The number of nitrogens with zero attached hydrogens (tertiary/aromatic N) is 2. The minimum Gasteiger partial charge on any atom is -0.334 e. The summed E-state index contributed by atoms with van der Waals surface area (Å²) in [6.45, 7) is 8.18. The second-order valence-electron chi connectivity index (χ2n) is 4.98. The Kier molecular flexibility index (Phi) is 5.21. The van der Waals surface area contributed by atoms with Gasteiger partial charge in [0.1, 0.15) is 5.82 Å². The van der Waals surface area contributed by atoms with Crippen molar-refractivity contribution in [2.75, 3.05) is 6.54 Å². The standard InChI is InChI=1S/C16H22ClN3/c1-4-8-18-15(16-19-9-10-20(16)5-2)13-7-6-12(3)11-14(13)17/h6-7,9-11,15,18H,4-5,8H2,1-3H3. The van der Waals surface area contributed by atoms with Gasteiger partial charge in [-0.3, -0.25) is 0 Å². The molecular weight excluding hydrogens is 270 g/mol. The summed E-state index contributed by atoms with van der Waals surface area (Å²) < 4.78 is 2.16. The first-order valence-electron chi connectivity index (χ1n) is 7.17. The third kappa shape index (κ3) is 3.22. The molecule has 3 nitrogen and oxygen atoms in total. The van der Waals surface area contributed by atoms with Crippen molar-refractivity contribution in [2.24, 2.45) is 0 Å². The summed E-state index contributed by atoms with van der Waals surface area (Å²) in [4.78, 5) is 4.52. The molecular formula is C16H22ClN3. The molecule has 108 valence electrons. The molecule has 0 radical (unpaired) electrons. The molecule has 1 atom stereocenters. The van der Waals surface area contributed by atoms with Crippen LogP contribution in [0.4, 0.5) is 0 Å². The first-order chi connectivity index (χ1) is 9.67. The number of halogens is 1. The largest absolute Gasteiger partial charge is 0.334 e. The van der Waals surface area contributed by atoms with Crippen LogP contribution in [0.15, 0.2) is 30.6 Å². The lowest BCUT2D eigenvalue weighted by molar-refractivity contribution is 0.541. The smallest absolute Gasteiger partial charge is 0.130 e. The molecule has 1 unspecified atom stereocenters. The molecule has 0 aliphatic rings. The van der Waals surface area contributed by atoms with Gasteiger partial charge in [-0.15, -0.1) is 0 Å². The van der Waals surface area contributed by atoms with E-state index in [0.29, 0.717) is 0 Å². The van der Waals surface area contributed by atoms with Gasteiger partial charge in [0.25, 0.3) is 0 Å². The average molecular weight is 292 g/mol. The Hall–Kier alpha value is -1.32. The van der Waals surface area contributed by atoms with Gasteiger partial charge in [0.2, 0.25) is 0 Å². The Labute approximate surface area is 126 Å². The fourth-order valence-corrected chi connectivity index (χ4v) is 2.69. The minimum absolute atomic E-state index is 0.0398. The lowest BCUT2D eigenvalue weighted by Gasteiger charge is -2.21. The second kappa shape index (κ2) is 6.91. The van der Waals surface area contributed by atoms with Crippen molar-refractivity contribution in [1.29, 1.82) is 0 Å². The SMILES string of the molecule is CCCNC(c1ccc(C)cc1Cl)c1nccn1CC. The summed E-state index contributed by atoms with van der Waals surface area (Å²) in [5.74, 6) is 1.02. The summed E-state index contributed by atoms with van der Waals surface area (Å²) >= 11 is 6.44. The highest BCUT2D eigenvalue weighted by Crippen LogP contribution is 2.28. The molecule has 0 spiro atoms. The van der Waals surface area contributed by atoms with Gasteiger partial charge < -0.3 is 9.88 Å². The van der Waals surface area contributed by atoms with Crippen LogP contribution in [0.2, 0.25) is 5.02 Å². The van der Waals surface area contributed by atoms with Crippen LogP contribution >= 0.6 is 11.6 Å². The Morgan fingerprint density at radius 1 is 1.35 bits per heavy atom. The summed E-state index contributed by atoms with van der Waals surface area (Å²) in [6, 6.07) is 6.25. The van der Waals surface area contributed by atoms with Crippen molar-refractivity contribution < 1.29 is 0 Å². The molecule has 1 aromatic carbocycles. The second-order valence-corrected chi connectivity index (χ2v) is 5.39. The lowest BCUT2D eigenvalue weighted by Crippen LogP contribution is -2.26. The van der Waals surface area contributed by atoms with Crippen LogP contribution < -0.4 is 5.32 Å². The van der Waals surface area contributed by atoms with Gasteiger partial charge in [-0.2, -0.15) is 0 Å². The molecule has 1 aromatic heterocycles. The molecule has 20 heavy (non-hydrogen) atoms. The zero-order valence-corrected chi connectivity index (χ0v) is 13.1. The van der Waals surface area contributed by atoms with Crippen LogP contribution in [-0.4, -0.2) is 16.1 Å². The van der Waals surface area contributed by atoms with Crippen molar-refractivity contribution in [3.63, 3.8) is 0 Å². The normalized spacial score (nSPS) is 12.6. The molecule has 0 aliphatic carbocycles. The van der Waals surface area contributed by atoms with E-state index in [2.05, 4.69) is 47.8 Å². The molecule has 0 saturated carbocycles. The maximum Gasteiger partial charge on any atom is 0.130 e. The van der Waals surface area contributed by atoms with Crippen molar-refractivity contribution in [2.45, 2.75) is 39.8 Å². The Balaban J connectivity index is 2.41. The molecule has 0 aliphatic heterocycles. The maximum absolute atomic E-state index is 6.44. The Morgan fingerprint density at radius 2 is 2.15 bits per heavy atom. The van der Waals surface area contributed by atoms with Crippen LogP contribution in [0.25, 0.3) is 0 Å². The molecule has 2 rings (SSSR count). The van der Waals surface area contributed by atoms with Crippen molar-refractivity contribution in [3.05, 3.63) is 52.6 Å². The van der Waals surface area contributed by atoms with Crippen LogP contribution in [0.1, 0.15) is 43.3 Å².